The minimum Gasteiger partial charge on any atom is -0.488 e. The number of rotatable bonds is 2. The van der Waals surface area contributed by atoms with Crippen molar-refractivity contribution in [2.75, 3.05) is 19.7 Å². The minimum absolute atomic E-state index is 0.0476. The van der Waals surface area contributed by atoms with Gasteiger partial charge in [-0.2, -0.15) is 0 Å². The number of amides is 2. The van der Waals surface area contributed by atoms with Gasteiger partial charge in [0.1, 0.15) is 12.4 Å². The van der Waals surface area contributed by atoms with Crippen molar-refractivity contribution in [1.29, 1.82) is 0 Å². The highest BCUT2D eigenvalue weighted by molar-refractivity contribution is 6.30. The first-order valence-corrected chi connectivity index (χ1v) is 7.64. The zero-order valence-corrected chi connectivity index (χ0v) is 12.8. The summed E-state index contributed by atoms with van der Waals surface area (Å²) < 4.78 is 5.61. The topological polar surface area (TPSA) is 72.6 Å². The maximum absolute atomic E-state index is 12.6. The second-order valence-electron chi connectivity index (χ2n) is 5.61. The van der Waals surface area contributed by atoms with Crippen LogP contribution in [0.15, 0.2) is 23.8 Å². The molecular formula is C16H17ClN2O3. The summed E-state index contributed by atoms with van der Waals surface area (Å²) in [6.07, 6.45) is 3.07. The number of hydrogen-bond donors (Lipinski definition) is 1. The first-order valence-electron chi connectivity index (χ1n) is 7.26. The molecule has 2 amide bonds. The number of halogens is 1. The van der Waals surface area contributed by atoms with Crippen LogP contribution in [-0.4, -0.2) is 36.4 Å². The summed E-state index contributed by atoms with van der Waals surface area (Å²) in [4.78, 5) is 25.5. The number of piperidine rings is 1. The van der Waals surface area contributed by atoms with Gasteiger partial charge < -0.3 is 15.4 Å². The van der Waals surface area contributed by atoms with E-state index in [1.165, 1.54) is 0 Å². The smallest absolute Gasteiger partial charge is 0.253 e. The number of carbonyl (C=O) groups excluding carboxylic acids is 2. The van der Waals surface area contributed by atoms with Crippen LogP contribution in [0.25, 0.3) is 6.08 Å². The van der Waals surface area contributed by atoms with Gasteiger partial charge in [-0.15, -0.1) is 0 Å². The highest BCUT2D eigenvalue weighted by Crippen LogP contribution is 2.30. The van der Waals surface area contributed by atoms with E-state index < -0.39 is 0 Å². The molecule has 3 rings (SSSR count). The maximum atomic E-state index is 12.6. The van der Waals surface area contributed by atoms with Gasteiger partial charge in [-0.05, 0) is 37.1 Å². The van der Waals surface area contributed by atoms with Gasteiger partial charge in [-0.3, -0.25) is 9.59 Å². The minimum atomic E-state index is -0.282. The number of nitrogens with two attached hydrogens (primary N) is 1. The third-order valence-electron chi connectivity index (χ3n) is 4.14. The number of likely N-dealkylation sites (tertiary alicyclic amines) is 1. The molecule has 22 heavy (non-hydrogen) atoms. The molecule has 1 aromatic rings. The first kappa shape index (κ1) is 14.9. The average molecular weight is 321 g/mol. The summed E-state index contributed by atoms with van der Waals surface area (Å²) in [5, 5.41) is 0.606. The van der Waals surface area contributed by atoms with E-state index in [0.29, 0.717) is 36.5 Å². The lowest BCUT2D eigenvalue weighted by Gasteiger charge is -2.32. The summed E-state index contributed by atoms with van der Waals surface area (Å²) >= 11 is 5.97. The normalized spacial score (nSPS) is 18.2. The third-order valence-corrected chi connectivity index (χ3v) is 4.38. The van der Waals surface area contributed by atoms with Crippen molar-refractivity contribution in [2.45, 2.75) is 12.8 Å². The Morgan fingerprint density at radius 2 is 2.00 bits per heavy atom. The monoisotopic (exact) mass is 320 g/mol. The zero-order chi connectivity index (χ0) is 15.7. The fraction of sp³-hybridized carbons (Fsp3) is 0.375. The van der Waals surface area contributed by atoms with Crippen LogP contribution >= 0.6 is 11.6 Å². The molecular weight excluding hydrogens is 304 g/mol. The number of nitrogens with zero attached hydrogens (tertiary/aromatic N) is 1. The van der Waals surface area contributed by atoms with Gasteiger partial charge in [0, 0.05) is 29.6 Å². The summed E-state index contributed by atoms with van der Waals surface area (Å²) in [6.45, 7) is 1.35. The lowest BCUT2D eigenvalue weighted by molar-refractivity contribution is -0.131. The highest BCUT2D eigenvalue weighted by atomic mass is 35.5. The molecule has 0 aliphatic carbocycles. The molecule has 1 fully saturated rings. The molecule has 0 aromatic heterocycles. The number of hydrogen-bond acceptors (Lipinski definition) is 3. The highest BCUT2D eigenvalue weighted by Gasteiger charge is 2.28. The predicted octanol–water partition coefficient (Wildman–Crippen LogP) is 1.84. The second kappa shape index (κ2) is 6.01. The summed E-state index contributed by atoms with van der Waals surface area (Å²) in [5.41, 5.74) is 6.73. The van der Waals surface area contributed by atoms with Crippen LogP contribution in [-0.2, 0) is 9.59 Å². The Kier molecular flexibility index (Phi) is 4.07. The van der Waals surface area contributed by atoms with E-state index in [1.807, 2.05) is 6.08 Å². The molecule has 0 radical (unpaired) electrons. The fourth-order valence-electron chi connectivity index (χ4n) is 2.84. The van der Waals surface area contributed by atoms with Crippen molar-refractivity contribution in [3.63, 3.8) is 0 Å². The summed E-state index contributed by atoms with van der Waals surface area (Å²) in [7, 11) is 0. The van der Waals surface area contributed by atoms with Crippen LogP contribution in [0.5, 0.6) is 5.75 Å². The van der Waals surface area contributed by atoms with E-state index in [-0.39, 0.29) is 24.3 Å². The Balaban J connectivity index is 1.72. The van der Waals surface area contributed by atoms with Crippen LogP contribution in [0.2, 0.25) is 5.02 Å². The van der Waals surface area contributed by atoms with Crippen molar-refractivity contribution in [2.24, 2.45) is 11.7 Å². The number of benzene rings is 1. The number of ether oxygens (including phenoxy) is 1. The van der Waals surface area contributed by atoms with Gasteiger partial charge in [0.2, 0.25) is 5.91 Å². The fourth-order valence-corrected chi connectivity index (χ4v) is 3.02. The van der Waals surface area contributed by atoms with E-state index >= 15 is 0 Å². The third kappa shape index (κ3) is 2.95. The number of primary amides is 1. The number of fused-ring (bicyclic) bond motifs is 1. The molecule has 116 valence electrons. The lowest BCUT2D eigenvalue weighted by atomic mass is 9.95. The van der Waals surface area contributed by atoms with Gasteiger partial charge in [0.25, 0.3) is 5.91 Å². The standard InChI is InChI=1S/C16H17ClN2O3/c17-13-1-2-14-11(8-13)7-12(9-22-14)16(21)19-5-3-10(4-6-19)15(18)20/h1-2,7-8,10H,3-6,9H2,(H2,18,20). The molecule has 1 saturated heterocycles. The summed E-state index contributed by atoms with van der Waals surface area (Å²) in [5.74, 6) is 0.276. The van der Waals surface area contributed by atoms with Gasteiger partial charge in [-0.1, -0.05) is 11.6 Å². The average Bonchev–Trinajstić information content (AvgIpc) is 2.53. The van der Waals surface area contributed by atoms with Crippen LogP contribution in [0.4, 0.5) is 0 Å². The van der Waals surface area contributed by atoms with Crippen LogP contribution in [0.1, 0.15) is 18.4 Å². The largest absolute Gasteiger partial charge is 0.488 e. The molecule has 1 aromatic carbocycles. The zero-order valence-electron chi connectivity index (χ0n) is 12.0. The van der Waals surface area contributed by atoms with E-state index in [1.54, 1.807) is 23.1 Å². The van der Waals surface area contributed by atoms with E-state index in [0.717, 1.165) is 11.3 Å². The SMILES string of the molecule is NC(=O)C1CCN(C(=O)C2=Cc3cc(Cl)ccc3OC2)CC1. The molecule has 0 spiro atoms. The molecule has 2 aliphatic rings. The van der Waals surface area contributed by atoms with Gasteiger partial charge >= 0.3 is 0 Å². The van der Waals surface area contributed by atoms with Gasteiger partial charge in [0.05, 0.1) is 5.57 Å². The Hall–Kier alpha value is -2.01. The van der Waals surface area contributed by atoms with Crippen LogP contribution in [0, 0.1) is 5.92 Å². The van der Waals surface area contributed by atoms with Crippen molar-refractivity contribution in [3.05, 3.63) is 34.4 Å². The van der Waals surface area contributed by atoms with Crippen molar-refractivity contribution in [1.82, 2.24) is 4.90 Å². The maximum Gasteiger partial charge on any atom is 0.253 e. The van der Waals surface area contributed by atoms with Crippen molar-refractivity contribution >= 4 is 29.5 Å². The molecule has 0 bridgehead atoms. The molecule has 0 unspecified atom stereocenters. The van der Waals surface area contributed by atoms with Gasteiger partial charge in [-0.25, -0.2) is 0 Å². The Morgan fingerprint density at radius 1 is 1.27 bits per heavy atom. The second-order valence-corrected chi connectivity index (χ2v) is 6.05. The Morgan fingerprint density at radius 3 is 2.68 bits per heavy atom. The van der Waals surface area contributed by atoms with E-state index in [4.69, 9.17) is 22.1 Å². The van der Waals surface area contributed by atoms with Crippen molar-refractivity contribution in [3.8, 4) is 5.75 Å². The van der Waals surface area contributed by atoms with E-state index in [2.05, 4.69) is 0 Å². The molecule has 2 heterocycles. The Labute approximate surface area is 133 Å². The molecule has 0 atom stereocenters. The predicted molar refractivity (Wildman–Crippen MR) is 83.4 cm³/mol. The number of carbonyl (C=O) groups is 2. The lowest BCUT2D eigenvalue weighted by Crippen LogP contribution is -2.43. The molecule has 6 heteroatoms. The van der Waals surface area contributed by atoms with Gasteiger partial charge in [0.15, 0.2) is 0 Å². The molecule has 0 saturated carbocycles. The first-order chi connectivity index (χ1) is 10.5. The van der Waals surface area contributed by atoms with E-state index in [9.17, 15) is 9.59 Å². The molecule has 5 nitrogen and oxygen atoms in total. The quantitative estimate of drug-likeness (QED) is 0.903. The van der Waals surface area contributed by atoms with Crippen LogP contribution in [0.3, 0.4) is 0 Å². The van der Waals surface area contributed by atoms with Crippen LogP contribution < -0.4 is 10.5 Å². The molecule has 2 N–H and O–H groups in total. The Bertz CT molecular complexity index is 649. The van der Waals surface area contributed by atoms with Crippen molar-refractivity contribution < 1.29 is 14.3 Å². The molecule has 2 aliphatic heterocycles. The summed E-state index contributed by atoms with van der Waals surface area (Å²) in [6, 6.07) is 5.34.